The number of aryl methyl sites for hydroxylation is 1. The minimum atomic E-state index is -3.53. The molecule has 2 aromatic rings. The Hall–Kier alpha value is -2.58. The zero-order chi connectivity index (χ0) is 23.3. The average Bonchev–Trinajstić information content (AvgIpc) is 2.77. The standard InChI is InChI=1S/C24H32N2O5S/c1-17-13-18(2)16-26(15-17)32(28,29)21-9-7-20(8-10-21)25-24(27)12-6-19-5-11-22(30-3)23(14-19)31-4/h5,7-11,14,17-18H,6,12-13,15-16H2,1-4H3,(H,25,27). The van der Waals surface area contributed by atoms with Gasteiger partial charge in [-0.05, 0) is 66.6 Å². The van der Waals surface area contributed by atoms with Gasteiger partial charge in [0.25, 0.3) is 0 Å². The molecule has 0 aliphatic carbocycles. The summed E-state index contributed by atoms with van der Waals surface area (Å²) in [7, 11) is -0.381. The van der Waals surface area contributed by atoms with Crippen LogP contribution in [0.5, 0.6) is 11.5 Å². The van der Waals surface area contributed by atoms with Crippen molar-refractivity contribution in [2.24, 2.45) is 11.8 Å². The summed E-state index contributed by atoms with van der Waals surface area (Å²) < 4.78 is 38.1. The largest absolute Gasteiger partial charge is 0.493 e. The van der Waals surface area contributed by atoms with E-state index in [1.165, 1.54) is 0 Å². The third-order valence-corrected chi connectivity index (χ3v) is 7.55. The lowest BCUT2D eigenvalue weighted by Crippen LogP contribution is -2.42. The number of nitrogens with one attached hydrogen (secondary N) is 1. The Morgan fingerprint density at radius 1 is 1.00 bits per heavy atom. The van der Waals surface area contributed by atoms with Gasteiger partial charge in [-0.25, -0.2) is 8.42 Å². The van der Waals surface area contributed by atoms with Gasteiger partial charge < -0.3 is 14.8 Å². The number of benzene rings is 2. The molecule has 2 aromatic carbocycles. The van der Waals surface area contributed by atoms with Crippen molar-refractivity contribution in [3.8, 4) is 11.5 Å². The maximum atomic E-state index is 13.0. The number of sulfonamides is 1. The number of carbonyl (C=O) groups is 1. The van der Waals surface area contributed by atoms with Crippen LogP contribution in [0.15, 0.2) is 47.4 Å². The first kappa shape index (κ1) is 24.1. The third-order valence-electron chi connectivity index (χ3n) is 5.70. The van der Waals surface area contributed by atoms with Gasteiger partial charge in [0.05, 0.1) is 19.1 Å². The molecule has 1 aliphatic rings. The summed E-state index contributed by atoms with van der Waals surface area (Å²) in [6.45, 7) is 5.25. The highest BCUT2D eigenvalue weighted by Gasteiger charge is 2.31. The molecule has 1 N–H and O–H groups in total. The molecule has 1 heterocycles. The first-order valence-corrected chi connectivity index (χ1v) is 12.3. The minimum Gasteiger partial charge on any atom is -0.493 e. The monoisotopic (exact) mass is 460 g/mol. The molecule has 0 aromatic heterocycles. The summed E-state index contributed by atoms with van der Waals surface area (Å²) in [5.41, 5.74) is 1.53. The molecule has 1 amide bonds. The van der Waals surface area contributed by atoms with Crippen molar-refractivity contribution in [2.75, 3.05) is 32.6 Å². The van der Waals surface area contributed by atoms with Gasteiger partial charge in [0.1, 0.15) is 0 Å². The molecule has 1 aliphatic heterocycles. The van der Waals surface area contributed by atoms with E-state index in [1.54, 1.807) is 42.8 Å². The second-order valence-corrected chi connectivity index (χ2v) is 10.5. The van der Waals surface area contributed by atoms with Crippen LogP contribution in [0, 0.1) is 11.8 Å². The fourth-order valence-corrected chi connectivity index (χ4v) is 5.86. The van der Waals surface area contributed by atoms with Gasteiger partial charge in [-0.3, -0.25) is 4.79 Å². The molecule has 0 saturated carbocycles. The van der Waals surface area contributed by atoms with Crippen molar-refractivity contribution in [1.29, 1.82) is 0 Å². The summed E-state index contributed by atoms with van der Waals surface area (Å²) in [5.74, 6) is 1.81. The quantitative estimate of drug-likeness (QED) is 0.645. The number of amides is 1. The Labute approximate surface area is 190 Å². The van der Waals surface area contributed by atoms with E-state index in [0.29, 0.717) is 55.0 Å². The number of methoxy groups -OCH3 is 2. The molecule has 1 fully saturated rings. The molecule has 1 saturated heterocycles. The number of hydrogen-bond acceptors (Lipinski definition) is 5. The number of hydrogen-bond donors (Lipinski definition) is 1. The maximum absolute atomic E-state index is 13.0. The first-order valence-electron chi connectivity index (χ1n) is 10.8. The maximum Gasteiger partial charge on any atom is 0.243 e. The lowest BCUT2D eigenvalue weighted by Gasteiger charge is -2.34. The molecule has 3 rings (SSSR count). The summed E-state index contributed by atoms with van der Waals surface area (Å²) in [5, 5.41) is 2.83. The van der Waals surface area contributed by atoms with E-state index in [9.17, 15) is 13.2 Å². The Bertz CT molecular complexity index is 1030. The lowest BCUT2D eigenvalue weighted by molar-refractivity contribution is -0.116. The van der Waals surface area contributed by atoms with Crippen LogP contribution in [0.2, 0.25) is 0 Å². The molecule has 7 nitrogen and oxygen atoms in total. The van der Waals surface area contributed by atoms with Gasteiger partial charge in [-0.2, -0.15) is 4.31 Å². The SMILES string of the molecule is COc1ccc(CCC(=O)Nc2ccc(S(=O)(=O)N3CC(C)CC(C)C3)cc2)cc1OC. The Morgan fingerprint density at radius 2 is 1.62 bits per heavy atom. The molecule has 32 heavy (non-hydrogen) atoms. The van der Waals surface area contributed by atoms with Crippen LogP contribution in [0.1, 0.15) is 32.3 Å². The second kappa shape index (κ2) is 10.4. The topological polar surface area (TPSA) is 84.9 Å². The normalized spacial score (nSPS) is 19.4. The highest BCUT2D eigenvalue weighted by Crippen LogP contribution is 2.29. The van der Waals surface area contributed by atoms with Crippen molar-refractivity contribution in [1.82, 2.24) is 4.31 Å². The predicted octanol–water partition coefficient (Wildman–Crippen LogP) is 3.94. The Morgan fingerprint density at radius 3 is 2.22 bits per heavy atom. The lowest BCUT2D eigenvalue weighted by atomic mass is 9.94. The fraction of sp³-hybridized carbons (Fsp3) is 0.458. The summed E-state index contributed by atoms with van der Waals surface area (Å²) in [6, 6.07) is 12.0. The number of nitrogens with zero attached hydrogens (tertiary/aromatic N) is 1. The van der Waals surface area contributed by atoms with Gasteiger partial charge in [0, 0.05) is 25.2 Å². The van der Waals surface area contributed by atoms with E-state index >= 15 is 0 Å². The highest BCUT2D eigenvalue weighted by molar-refractivity contribution is 7.89. The van der Waals surface area contributed by atoms with Crippen molar-refractivity contribution in [3.63, 3.8) is 0 Å². The van der Waals surface area contributed by atoms with E-state index in [4.69, 9.17) is 9.47 Å². The number of carbonyl (C=O) groups excluding carboxylic acids is 1. The number of rotatable bonds is 8. The van der Waals surface area contributed by atoms with E-state index in [0.717, 1.165) is 12.0 Å². The summed E-state index contributed by atoms with van der Waals surface area (Å²) >= 11 is 0. The van der Waals surface area contributed by atoms with Crippen LogP contribution in [-0.2, 0) is 21.2 Å². The van der Waals surface area contributed by atoms with Crippen LogP contribution in [0.25, 0.3) is 0 Å². The minimum absolute atomic E-state index is 0.144. The van der Waals surface area contributed by atoms with Crippen LogP contribution < -0.4 is 14.8 Å². The van der Waals surface area contributed by atoms with E-state index < -0.39 is 10.0 Å². The summed E-state index contributed by atoms with van der Waals surface area (Å²) in [4.78, 5) is 12.6. The predicted molar refractivity (Wildman–Crippen MR) is 125 cm³/mol. The van der Waals surface area contributed by atoms with Crippen LogP contribution in [0.3, 0.4) is 0 Å². The number of ether oxygens (including phenoxy) is 2. The van der Waals surface area contributed by atoms with Gasteiger partial charge in [-0.15, -0.1) is 0 Å². The molecule has 0 radical (unpaired) electrons. The van der Waals surface area contributed by atoms with Gasteiger partial charge >= 0.3 is 0 Å². The average molecular weight is 461 g/mol. The second-order valence-electron chi connectivity index (χ2n) is 8.53. The van der Waals surface area contributed by atoms with Gasteiger partial charge in [-0.1, -0.05) is 19.9 Å². The third kappa shape index (κ3) is 5.81. The Balaban J connectivity index is 1.59. The summed E-state index contributed by atoms with van der Waals surface area (Å²) in [6.07, 6.45) is 1.88. The molecular weight excluding hydrogens is 428 g/mol. The zero-order valence-corrected chi connectivity index (χ0v) is 19.9. The highest BCUT2D eigenvalue weighted by atomic mass is 32.2. The molecule has 2 atom stereocenters. The first-order chi connectivity index (χ1) is 15.2. The van der Waals surface area contributed by atoms with E-state index in [-0.39, 0.29) is 10.8 Å². The molecule has 8 heteroatoms. The van der Waals surface area contributed by atoms with Crippen molar-refractivity contribution in [3.05, 3.63) is 48.0 Å². The molecule has 174 valence electrons. The van der Waals surface area contributed by atoms with Gasteiger partial charge in [0.15, 0.2) is 11.5 Å². The van der Waals surface area contributed by atoms with Crippen molar-refractivity contribution >= 4 is 21.6 Å². The number of piperidine rings is 1. The van der Waals surface area contributed by atoms with Crippen LogP contribution in [0.4, 0.5) is 5.69 Å². The zero-order valence-electron chi connectivity index (χ0n) is 19.1. The van der Waals surface area contributed by atoms with Crippen LogP contribution in [-0.4, -0.2) is 45.9 Å². The van der Waals surface area contributed by atoms with Crippen molar-refractivity contribution < 1.29 is 22.7 Å². The molecule has 0 bridgehead atoms. The molecule has 2 unspecified atom stereocenters. The van der Waals surface area contributed by atoms with E-state index in [1.807, 2.05) is 18.2 Å². The molecule has 0 spiro atoms. The van der Waals surface area contributed by atoms with E-state index in [2.05, 4.69) is 19.2 Å². The fourth-order valence-electron chi connectivity index (χ4n) is 4.18. The smallest absolute Gasteiger partial charge is 0.243 e. The van der Waals surface area contributed by atoms with Gasteiger partial charge in [0.2, 0.25) is 15.9 Å². The Kier molecular flexibility index (Phi) is 7.79. The van der Waals surface area contributed by atoms with Crippen LogP contribution >= 0.6 is 0 Å². The van der Waals surface area contributed by atoms with Crippen molar-refractivity contribution in [2.45, 2.75) is 38.0 Å². The molecular formula is C24H32N2O5S. The number of anilines is 1.